The lowest BCUT2D eigenvalue weighted by molar-refractivity contribution is -0.141. The molecule has 1 aromatic rings. The third-order valence-corrected chi connectivity index (χ3v) is 8.47. The van der Waals surface area contributed by atoms with Crippen molar-refractivity contribution in [2.45, 2.75) is 63.3 Å². The van der Waals surface area contributed by atoms with Crippen LogP contribution in [0.25, 0.3) is 0 Å². The van der Waals surface area contributed by atoms with E-state index in [0.29, 0.717) is 12.4 Å². The van der Waals surface area contributed by atoms with Crippen molar-refractivity contribution in [3.8, 4) is 5.75 Å². The van der Waals surface area contributed by atoms with E-state index in [9.17, 15) is 14.7 Å². The van der Waals surface area contributed by atoms with E-state index in [1.54, 1.807) is 6.07 Å². The summed E-state index contributed by atoms with van der Waals surface area (Å²) in [5.74, 6) is 0.883. The summed E-state index contributed by atoms with van der Waals surface area (Å²) < 4.78 is 26.6. The molecule has 0 aromatic heterocycles. The van der Waals surface area contributed by atoms with E-state index in [4.69, 9.17) is 9.47 Å². The quantitative estimate of drug-likeness (QED) is 0.714. The van der Waals surface area contributed by atoms with E-state index >= 15 is 4.39 Å². The van der Waals surface area contributed by atoms with Gasteiger partial charge < -0.3 is 14.6 Å². The van der Waals surface area contributed by atoms with Crippen LogP contribution in [0.3, 0.4) is 0 Å². The highest BCUT2D eigenvalue weighted by Crippen LogP contribution is 2.60. The molecule has 6 aliphatic rings. The Kier molecular flexibility index (Phi) is 4.75. The maximum atomic E-state index is 15.1. The van der Waals surface area contributed by atoms with Crippen LogP contribution < -0.4 is 4.74 Å². The molecule has 4 bridgehead atoms. The molecule has 32 heavy (non-hydrogen) atoms. The summed E-state index contributed by atoms with van der Waals surface area (Å²) in [5, 5.41) is 9.34. The second kappa shape index (κ2) is 7.44. The van der Waals surface area contributed by atoms with E-state index in [2.05, 4.69) is 0 Å². The number of hydrogen-bond acceptors (Lipinski definition) is 4. The Balaban J connectivity index is 1.24. The number of carboxylic acid groups (broad SMARTS) is 1. The minimum absolute atomic E-state index is 0.0789. The predicted octanol–water partition coefficient (Wildman–Crippen LogP) is 4.18. The Morgan fingerprint density at radius 2 is 1.78 bits per heavy atom. The summed E-state index contributed by atoms with van der Waals surface area (Å²) in [7, 11) is 0. The Bertz CT molecular complexity index is 923. The van der Waals surface area contributed by atoms with Gasteiger partial charge in [-0.05, 0) is 86.7 Å². The number of rotatable bonds is 6. The van der Waals surface area contributed by atoms with E-state index < -0.39 is 23.7 Å². The summed E-state index contributed by atoms with van der Waals surface area (Å²) in [4.78, 5) is 25.5. The van der Waals surface area contributed by atoms with E-state index in [1.165, 1.54) is 44.6 Å². The van der Waals surface area contributed by atoms with Crippen LogP contribution in [-0.4, -0.2) is 47.9 Å². The Morgan fingerprint density at radius 3 is 2.38 bits per heavy atom. The molecule has 6 nitrogen and oxygen atoms in total. The average Bonchev–Trinajstić information content (AvgIpc) is 3.45. The van der Waals surface area contributed by atoms with Crippen LogP contribution in [0.15, 0.2) is 12.1 Å². The first kappa shape index (κ1) is 20.5. The number of hydrogen-bond donors (Lipinski definition) is 1. The van der Waals surface area contributed by atoms with Gasteiger partial charge in [0.1, 0.15) is 18.3 Å². The number of carboxylic acids is 1. The van der Waals surface area contributed by atoms with Crippen LogP contribution in [0, 0.1) is 29.0 Å². The van der Waals surface area contributed by atoms with E-state index in [1.807, 2.05) is 0 Å². The van der Waals surface area contributed by atoms with Gasteiger partial charge in [-0.3, -0.25) is 9.69 Å². The first-order valence-electron chi connectivity index (χ1n) is 12.0. The molecular weight excluding hydrogens is 413 g/mol. The predicted molar refractivity (Wildman–Crippen MR) is 113 cm³/mol. The first-order valence-corrected chi connectivity index (χ1v) is 12.0. The third-order valence-electron chi connectivity index (χ3n) is 8.47. The van der Waals surface area contributed by atoms with E-state index in [0.717, 1.165) is 41.1 Å². The average molecular weight is 444 g/mol. The molecule has 0 spiro atoms. The monoisotopic (exact) mass is 443 g/mol. The van der Waals surface area contributed by atoms with Gasteiger partial charge >= 0.3 is 5.97 Å². The number of ether oxygens (including phenoxy) is 2. The summed E-state index contributed by atoms with van der Waals surface area (Å²) in [6.45, 7) is 0.409. The summed E-state index contributed by atoms with van der Waals surface area (Å²) in [6.07, 6.45) is 9.78. The number of benzene rings is 1. The lowest BCUT2D eigenvalue weighted by atomic mass is 9.50. The Hall–Kier alpha value is -2.15. The Labute approximate surface area is 187 Å². The van der Waals surface area contributed by atoms with Gasteiger partial charge in [-0.2, -0.15) is 0 Å². The van der Waals surface area contributed by atoms with Gasteiger partial charge in [0.05, 0.1) is 18.8 Å². The second-order valence-electron chi connectivity index (χ2n) is 11.0. The van der Waals surface area contributed by atoms with Crippen molar-refractivity contribution in [3.63, 3.8) is 0 Å². The minimum Gasteiger partial charge on any atom is -0.493 e. The van der Waals surface area contributed by atoms with Crippen LogP contribution in [-0.2, 0) is 9.53 Å². The van der Waals surface area contributed by atoms with E-state index in [-0.39, 0.29) is 30.2 Å². The van der Waals surface area contributed by atoms with Gasteiger partial charge in [0, 0.05) is 11.5 Å². The maximum Gasteiger partial charge on any atom is 0.328 e. The minimum atomic E-state index is -1.14. The van der Waals surface area contributed by atoms with Crippen molar-refractivity contribution < 1.29 is 28.6 Å². The zero-order valence-electron chi connectivity index (χ0n) is 18.2. The van der Waals surface area contributed by atoms with Crippen molar-refractivity contribution in [3.05, 3.63) is 29.1 Å². The largest absolute Gasteiger partial charge is 0.493 e. The van der Waals surface area contributed by atoms with Crippen molar-refractivity contribution in [1.29, 1.82) is 0 Å². The standard InChI is InChI=1S/C25H30FNO5/c26-20-7-22(32-12-25-8-14-3-15(9-25)5-16(4-14)10-25)18(17-1-2-17)6-19(20)23(28)27-13-31-11-21(27)24(29)30/h6-7,14-17,21H,1-5,8-13H2,(H,29,30)/t14?,15?,16?,21-,25?/m1/s1. The molecule has 1 aliphatic heterocycles. The maximum absolute atomic E-state index is 15.1. The third kappa shape index (κ3) is 3.49. The smallest absolute Gasteiger partial charge is 0.328 e. The molecule has 0 unspecified atom stereocenters. The van der Waals surface area contributed by atoms with Gasteiger partial charge in [0.25, 0.3) is 5.91 Å². The molecule has 1 atom stereocenters. The fourth-order valence-electron chi connectivity index (χ4n) is 7.27. The number of amides is 1. The Morgan fingerprint density at radius 1 is 1.12 bits per heavy atom. The van der Waals surface area contributed by atoms with Crippen LogP contribution in [0.4, 0.5) is 4.39 Å². The van der Waals surface area contributed by atoms with Crippen molar-refractivity contribution in [1.82, 2.24) is 4.90 Å². The highest BCUT2D eigenvalue weighted by molar-refractivity contribution is 5.97. The van der Waals surface area contributed by atoms with Crippen LogP contribution in [0.5, 0.6) is 5.75 Å². The molecule has 1 aromatic carbocycles. The van der Waals surface area contributed by atoms with Gasteiger partial charge in [-0.1, -0.05) is 0 Å². The van der Waals surface area contributed by atoms with Crippen molar-refractivity contribution in [2.75, 3.05) is 19.9 Å². The van der Waals surface area contributed by atoms with Gasteiger partial charge in [-0.25, -0.2) is 9.18 Å². The summed E-state index contributed by atoms with van der Waals surface area (Å²) in [6, 6.07) is 1.87. The fourth-order valence-corrected chi connectivity index (χ4v) is 7.27. The van der Waals surface area contributed by atoms with Crippen LogP contribution in [0.2, 0.25) is 0 Å². The first-order chi connectivity index (χ1) is 15.4. The van der Waals surface area contributed by atoms with Crippen molar-refractivity contribution in [2.24, 2.45) is 23.2 Å². The number of carbonyl (C=O) groups is 2. The molecular formula is C25H30FNO5. The summed E-state index contributed by atoms with van der Waals surface area (Å²) in [5.41, 5.74) is 1.01. The zero-order valence-corrected chi connectivity index (χ0v) is 18.2. The molecule has 172 valence electrons. The zero-order chi connectivity index (χ0) is 22.0. The number of carbonyl (C=O) groups excluding carboxylic acids is 1. The number of aliphatic carboxylic acids is 1. The second-order valence-corrected chi connectivity index (χ2v) is 11.0. The van der Waals surface area contributed by atoms with Gasteiger partial charge in [-0.15, -0.1) is 0 Å². The lowest BCUT2D eigenvalue weighted by Gasteiger charge is -2.56. The molecule has 6 fully saturated rings. The number of halogens is 1. The molecule has 1 heterocycles. The highest BCUT2D eigenvalue weighted by atomic mass is 19.1. The molecule has 1 amide bonds. The summed E-state index contributed by atoms with van der Waals surface area (Å²) >= 11 is 0. The number of nitrogens with zero attached hydrogens (tertiary/aromatic N) is 1. The topological polar surface area (TPSA) is 76.1 Å². The van der Waals surface area contributed by atoms with Gasteiger partial charge in [0.2, 0.25) is 0 Å². The molecule has 7 heteroatoms. The highest BCUT2D eigenvalue weighted by Gasteiger charge is 2.51. The molecule has 1 N–H and O–H groups in total. The lowest BCUT2D eigenvalue weighted by Crippen LogP contribution is -2.48. The van der Waals surface area contributed by atoms with Crippen molar-refractivity contribution >= 4 is 11.9 Å². The molecule has 5 saturated carbocycles. The molecule has 7 rings (SSSR count). The van der Waals surface area contributed by atoms with Gasteiger partial charge in [0.15, 0.2) is 6.04 Å². The fraction of sp³-hybridized carbons (Fsp3) is 0.680. The SMILES string of the molecule is O=C(O)[C@H]1COCN1C(=O)c1cc(C2CC2)c(OCC23CC4CC(CC(C4)C2)C3)cc1F. The normalized spacial score (nSPS) is 35.3. The van der Waals surface area contributed by atoms with Crippen LogP contribution in [0.1, 0.15) is 73.2 Å². The van der Waals surface area contributed by atoms with Crippen LogP contribution >= 0.6 is 0 Å². The molecule has 5 aliphatic carbocycles. The molecule has 1 saturated heterocycles. The molecule has 0 radical (unpaired) electrons.